The highest BCUT2D eigenvalue weighted by molar-refractivity contribution is 6.18. The van der Waals surface area contributed by atoms with Crippen LogP contribution in [0.1, 0.15) is 26.2 Å². The molecule has 0 radical (unpaired) electrons. The van der Waals surface area contributed by atoms with Crippen LogP contribution in [0.25, 0.3) is 0 Å². The average Bonchev–Trinajstić information content (AvgIpc) is 2.74. The predicted octanol–water partition coefficient (Wildman–Crippen LogP) is 2.30. The summed E-state index contributed by atoms with van der Waals surface area (Å²) in [7, 11) is 0. The summed E-state index contributed by atoms with van der Waals surface area (Å²) in [6.07, 6.45) is 2.74. The third-order valence-corrected chi connectivity index (χ3v) is 4.16. The van der Waals surface area contributed by atoms with Gasteiger partial charge in [-0.1, -0.05) is 24.6 Å². The molecule has 3 rings (SSSR count). The third kappa shape index (κ3) is 1.45. The highest BCUT2D eigenvalue weighted by Crippen LogP contribution is 2.42. The van der Waals surface area contributed by atoms with Crippen molar-refractivity contribution < 1.29 is 9.59 Å². The normalized spacial score (nSPS) is 31.2. The number of carbonyl (C=O) groups is 2. The first-order valence-corrected chi connectivity index (χ1v) is 6.33. The Labute approximate surface area is 106 Å². The number of nitrogens with one attached hydrogen (secondary N) is 1. The van der Waals surface area contributed by atoms with E-state index < -0.39 is 5.41 Å². The molecule has 1 aromatic carbocycles. The van der Waals surface area contributed by atoms with E-state index in [2.05, 4.69) is 5.32 Å². The molecule has 0 spiro atoms. The lowest BCUT2D eigenvalue weighted by atomic mass is 9.81. The number of nitrogens with zero attached hydrogens (tertiary/aromatic N) is 1. The molecule has 2 unspecified atom stereocenters. The molecule has 1 saturated heterocycles. The standard InChI is InChI=1S/C14H16N2O2/c1-14-9-5-8-11(14)15-13(18)16(12(14)17)10-6-3-2-4-7-10/h2-4,6-7,11H,5,8-9H2,1H3,(H,15,18). The van der Waals surface area contributed by atoms with Crippen molar-refractivity contribution in [2.45, 2.75) is 32.2 Å². The molecule has 4 heteroatoms. The molecule has 18 heavy (non-hydrogen) atoms. The summed E-state index contributed by atoms with van der Waals surface area (Å²) in [6.45, 7) is 1.96. The zero-order valence-electron chi connectivity index (χ0n) is 10.3. The van der Waals surface area contributed by atoms with E-state index in [0.29, 0.717) is 5.69 Å². The molecule has 4 nitrogen and oxygen atoms in total. The van der Waals surface area contributed by atoms with E-state index in [1.54, 1.807) is 12.1 Å². The Morgan fingerprint density at radius 3 is 2.72 bits per heavy atom. The number of hydrogen-bond acceptors (Lipinski definition) is 2. The van der Waals surface area contributed by atoms with Crippen molar-refractivity contribution in [1.82, 2.24) is 5.32 Å². The average molecular weight is 244 g/mol. The van der Waals surface area contributed by atoms with Gasteiger partial charge in [0, 0.05) is 6.04 Å². The minimum atomic E-state index is -0.441. The first-order valence-electron chi connectivity index (χ1n) is 6.33. The SMILES string of the molecule is CC12CCCC1NC(=O)N(c1ccccc1)C2=O. The van der Waals surface area contributed by atoms with Crippen LogP contribution in [0.2, 0.25) is 0 Å². The number of urea groups is 1. The maximum atomic E-state index is 12.6. The topological polar surface area (TPSA) is 49.4 Å². The molecule has 1 aliphatic heterocycles. The van der Waals surface area contributed by atoms with Gasteiger partial charge in [0.15, 0.2) is 0 Å². The molecule has 3 amide bonds. The zero-order chi connectivity index (χ0) is 12.8. The van der Waals surface area contributed by atoms with E-state index in [4.69, 9.17) is 0 Å². The number of rotatable bonds is 1. The van der Waals surface area contributed by atoms with Gasteiger partial charge in [0.25, 0.3) is 0 Å². The summed E-state index contributed by atoms with van der Waals surface area (Å²) in [5.74, 6) is -0.0695. The number of anilines is 1. The van der Waals surface area contributed by atoms with Crippen LogP contribution in [0.5, 0.6) is 0 Å². The molecule has 94 valence electrons. The van der Waals surface area contributed by atoms with Crippen molar-refractivity contribution in [1.29, 1.82) is 0 Å². The Kier molecular flexibility index (Phi) is 2.40. The smallest absolute Gasteiger partial charge is 0.329 e. The van der Waals surface area contributed by atoms with E-state index in [0.717, 1.165) is 19.3 Å². The van der Waals surface area contributed by atoms with Crippen LogP contribution < -0.4 is 10.2 Å². The molecule has 1 saturated carbocycles. The van der Waals surface area contributed by atoms with E-state index >= 15 is 0 Å². The number of benzene rings is 1. The number of hydrogen-bond donors (Lipinski definition) is 1. The molecule has 1 heterocycles. The van der Waals surface area contributed by atoms with Gasteiger partial charge in [0.1, 0.15) is 0 Å². The van der Waals surface area contributed by atoms with Crippen LogP contribution in [-0.2, 0) is 4.79 Å². The summed E-state index contributed by atoms with van der Waals surface area (Å²) in [5.41, 5.74) is 0.204. The lowest BCUT2D eigenvalue weighted by Crippen LogP contribution is -2.63. The Hall–Kier alpha value is -1.84. The maximum Gasteiger partial charge on any atom is 0.329 e. The van der Waals surface area contributed by atoms with Crippen LogP contribution in [0.3, 0.4) is 0 Å². The maximum absolute atomic E-state index is 12.6. The van der Waals surface area contributed by atoms with Crippen LogP contribution in [0.4, 0.5) is 10.5 Å². The molecular formula is C14H16N2O2. The summed E-state index contributed by atoms with van der Waals surface area (Å²) in [5, 5.41) is 2.96. The van der Waals surface area contributed by atoms with Gasteiger partial charge in [-0.15, -0.1) is 0 Å². The number of carbonyl (C=O) groups excluding carboxylic acids is 2. The quantitative estimate of drug-likeness (QED) is 0.824. The molecule has 1 aromatic rings. The van der Waals surface area contributed by atoms with Gasteiger partial charge >= 0.3 is 6.03 Å². The van der Waals surface area contributed by atoms with Gasteiger partial charge in [-0.25, -0.2) is 9.69 Å². The van der Waals surface area contributed by atoms with Gasteiger partial charge in [-0.05, 0) is 31.9 Å². The van der Waals surface area contributed by atoms with Crippen molar-refractivity contribution >= 4 is 17.6 Å². The van der Waals surface area contributed by atoms with Gasteiger partial charge in [-0.2, -0.15) is 0 Å². The van der Waals surface area contributed by atoms with Crippen LogP contribution in [0, 0.1) is 5.41 Å². The predicted molar refractivity (Wildman–Crippen MR) is 68.2 cm³/mol. The van der Waals surface area contributed by atoms with Crippen molar-refractivity contribution in [2.24, 2.45) is 5.41 Å². The summed E-state index contributed by atoms with van der Waals surface area (Å²) >= 11 is 0. The van der Waals surface area contributed by atoms with Crippen molar-refractivity contribution in [3.8, 4) is 0 Å². The lowest BCUT2D eigenvalue weighted by molar-refractivity contribution is -0.128. The minimum Gasteiger partial charge on any atom is -0.334 e. The number of amides is 3. The molecule has 0 bridgehead atoms. The summed E-state index contributed by atoms with van der Waals surface area (Å²) < 4.78 is 0. The Bertz CT molecular complexity index is 500. The Balaban J connectivity index is 2.01. The molecule has 2 aliphatic rings. The van der Waals surface area contributed by atoms with Crippen molar-refractivity contribution in [2.75, 3.05) is 4.90 Å². The van der Waals surface area contributed by atoms with Crippen LogP contribution >= 0.6 is 0 Å². The highest BCUT2D eigenvalue weighted by atomic mass is 16.2. The molecule has 1 N–H and O–H groups in total. The number of imide groups is 1. The lowest BCUT2D eigenvalue weighted by Gasteiger charge is -2.40. The monoisotopic (exact) mass is 244 g/mol. The van der Waals surface area contributed by atoms with E-state index in [1.807, 2.05) is 25.1 Å². The third-order valence-electron chi connectivity index (χ3n) is 4.16. The van der Waals surface area contributed by atoms with Gasteiger partial charge in [0.05, 0.1) is 11.1 Å². The largest absolute Gasteiger partial charge is 0.334 e. The first kappa shape index (κ1) is 11.3. The molecular weight excluding hydrogens is 228 g/mol. The zero-order valence-corrected chi connectivity index (χ0v) is 10.3. The fourth-order valence-corrected chi connectivity index (χ4v) is 3.03. The van der Waals surface area contributed by atoms with Gasteiger partial charge < -0.3 is 5.32 Å². The van der Waals surface area contributed by atoms with Gasteiger partial charge in [0.2, 0.25) is 5.91 Å². The highest BCUT2D eigenvalue weighted by Gasteiger charge is 2.53. The second kappa shape index (κ2) is 3.83. The fraction of sp³-hybridized carbons (Fsp3) is 0.429. The van der Waals surface area contributed by atoms with Crippen molar-refractivity contribution in [3.63, 3.8) is 0 Å². The molecule has 2 fully saturated rings. The fourth-order valence-electron chi connectivity index (χ4n) is 3.03. The van der Waals surface area contributed by atoms with Crippen LogP contribution in [-0.4, -0.2) is 18.0 Å². The molecule has 1 aliphatic carbocycles. The summed E-state index contributed by atoms with van der Waals surface area (Å²) in [6, 6.07) is 8.81. The second-order valence-electron chi connectivity index (χ2n) is 5.29. The number of para-hydroxylation sites is 1. The Morgan fingerprint density at radius 1 is 1.28 bits per heavy atom. The summed E-state index contributed by atoms with van der Waals surface area (Å²) in [4.78, 5) is 26.0. The Morgan fingerprint density at radius 2 is 2.00 bits per heavy atom. The molecule has 2 atom stereocenters. The van der Waals surface area contributed by atoms with Gasteiger partial charge in [-0.3, -0.25) is 4.79 Å². The molecule has 0 aromatic heterocycles. The second-order valence-corrected chi connectivity index (χ2v) is 5.29. The minimum absolute atomic E-state index is 0.00235. The van der Waals surface area contributed by atoms with E-state index in [9.17, 15) is 9.59 Å². The van der Waals surface area contributed by atoms with Crippen molar-refractivity contribution in [3.05, 3.63) is 30.3 Å². The first-order chi connectivity index (χ1) is 8.63. The number of fused-ring (bicyclic) bond motifs is 1. The van der Waals surface area contributed by atoms with E-state index in [1.165, 1.54) is 4.90 Å². The van der Waals surface area contributed by atoms with E-state index in [-0.39, 0.29) is 18.0 Å². The van der Waals surface area contributed by atoms with Crippen LogP contribution in [0.15, 0.2) is 30.3 Å².